The third kappa shape index (κ3) is 2.37. The third-order valence-corrected chi connectivity index (χ3v) is 3.02. The first kappa shape index (κ1) is 12.3. The number of rotatable bonds is 4. The van der Waals surface area contributed by atoms with Gasteiger partial charge in [0.05, 0.1) is 17.9 Å². The number of anilines is 1. The molecule has 0 aliphatic heterocycles. The van der Waals surface area contributed by atoms with Gasteiger partial charge in [-0.15, -0.1) is 0 Å². The zero-order valence-corrected chi connectivity index (χ0v) is 11.3. The van der Waals surface area contributed by atoms with Crippen LogP contribution in [0, 0.1) is 0 Å². The van der Waals surface area contributed by atoms with Crippen LogP contribution in [0.1, 0.15) is 18.5 Å². The summed E-state index contributed by atoms with van der Waals surface area (Å²) in [5.41, 5.74) is 2.01. The monoisotopic (exact) mass is 269 g/mol. The van der Waals surface area contributed by atoms with Gasteiger partial charge in [0.25, 0.3) is 0 Å². The van der Waals surface area contributed by atoms with Crippen molar-refractivity contribution in [3.63, 3.8) is 0 Å². The van der Waals surface area contributed by atoms with E-state index >= 15 is 0 Å². The Morgan fingerprint density at radius 3 is 2.90 bits per heavy atom. The normalized spacial score (nSPS) is 12.3. The highest BCUT2D eigenvalue weighted by Gasteiger charge is 2.11. The smallest absolute Gasteiger partial charge is 0.178 e. The van der Waals surface area contributed by atoms with E-state index in [1.54, 1.807) is 21.9 Å². The predicted octanol–water partition coefficient (Wildman–Crippen LogP) is 1.57. The lowest BCUT2D eigenvalue weighted by molar-refractivity contribution is 0.765. The van der Waals surface area contributed by atoms with Crippen LogP contribution in [0.5, 0.6) is 0 Å². The highest BCUT2D eigenvalue weighted by molar-refractivity contribution is 5.57. The van der Waals surface area contributed by atoms with Crippen LogP contribution in [0.15, 0.2) is 43.4 Å². The maximum atomic E-state index is 4.35. The average Bonchev–Trinajstić information content (AvgIpc) is 3.10. The van der Waals surface area contributed by atoms with Gasteiger partial charge in [-0.3, -0.25) is 4.68 Å². The minimum atomic E-state index is 0.121. The van der Waals surface area contributed by atoms with E-state index in [1.807, 2.05) is 31.6 Å². The molecule has 3 aromatic rings. The Morgan fingerprint density at radius 1 is 1.30 bits per heavy atom. The van der Waals surface area contributed by atoms with Crippen LogP contribution < -0.4 is 5.32 Å². The molecular weight excluding hydrogens is 254 g/mol. The lowest BCUT2D eigenvalue weighted by atomic mass is 10.2. The number of nitrogens with one attached hydrogen (secondary N) is 1. The largest absolute Gasteiger partial charge is 0.375 e. The van der Waals surface area contributed by atoms with E-state index in [0.717, 1.165) is 17.1 Å². The molecule has 3 aromatic heterocycles. The number of pyridine rings is 1. The summed E-state index contributed by atoms with van der Waals surface area (Å²) in [4.78, 5) is 8.30. The molecule has 0 aliphatic carbocycles. The highest BCUT2D eigenvalue weighted by Crippen LogP contribution is 2.22. The second-order valence-electron chi connectivity index (χ2n) is 4.53. The quantitative estimate of drug-likeness (QED) is 0.778. The number of aromatic nitrogens is 6. The van der Waals surface area contributed by atoms with Crippen LogP contribution in [0.4, 0.5) is 5.69 Å². The fourth-order valence-electron chi connectivity index (χ4n) is 1.99. The topological polar surface area (TPSA) is 73.5 Å². The molecule has 102 valence electrons. The SMILES string of the molecule is CC(Nc1cccnc1-n1cncn1)c1cnn(C)c1. The first-order valence-corrected chi connectivity index (χ1v) is 6.29. The molecule has 0 spiro atoms. The Morgan fingerprint density at radius 2 is 2.20 bits per heavy atom. The summed E-state index contributed by atoms with van der Waals surface area (Å²) in [6.07, 6.45) is 8.69. The molecule has 0 fully saturated rings. The van der Waals surface area contributed by atoms with Crippen molar-refractivity contribution in [2.45, 2.75) is 13.0 Å². The van der Waals surface area contributed by atoms with Crippen molar-refractivity contribution in [3.8, 4) is 5.82 Å². The summed E-state index contributed by atoms with van der Waals surface area (Å²) in [6.45, 7) is 2.08. The van der Waals surface area contributed by atoms with Crippen LogP contribution in [0.3, 0.4) is 0 Å². The van der Waals surface area contributed by atoms with Crippen molar-refractivity contribution in [1.82, 2.24) is 29.5 Å². The predicted molar refractivity (Wildman–Crippen MR) is 74.4 cm³/mol. The van der Waals surface area contributed by atoms with Crippen molar-refractivity contribution < 1.29 is 0 Å². The minimum absolute atomic E-state index is 0.121. The summed E-state index contributed by atoms with van der Waals surface area (Å²) < 4.78 is 3.42. The Bertz CT molecular complexity index is 686. The van der Waals surface area contributed by atoms with Gasteiger partial charge in [0.1, 0.15) is 12.7 Å². The number of aryl methyl sites for hydroxylation is 1. The van der Waals surface area contributed by atoms with Gasteiger partial charge in [-0.05, 0) is 19.1 Å². The first-order chi connectivity index (χ1) is 9.74. The van der Waals surface area contributed by atoms with E-state index in [2.05, 4.69) is 32.4 Å². The maximum Gasteiger partial charge on any atom is 0.178 e. The molecule has 0 radical (unpaired) electrons. The van der Waals surface area contributed by atoms with E-state index in [9.17, 15) is 0 Å². The second-order valence-corrected chi connectivity index (χ2v) is 4.53. The molecule has 3 heterocycles. The highest BCUT2D eigenvalue weighted by atomic mass is 15.3. The molecule has 0 bridgehead atoms. The first-order valence-electron chi connectivity index (χ1n) is 6.29. The Labute approximate surface area is 116 Å². The zero-order valence-electron chi connectivity index (χ0n) is 11.3. The van der Waals surface area contributed by atoms with Crippen molar-refractivity contribution in [2.24, 2.45) is 7.05 Å². The second kappa shape index (κ2) is 5.12. The summed E-state index contributed by atoms with van der Waals surface area (Å²) >= 11 is 0. The van der Waals surface area contributed by atoms with Gasteiger partial charge in [0, 0.05) is 25.0 Å². The Hall–Kier alpha value is -2.70. The van der Waals surface area contributed by atoms with Gasteiger partial charge >= 0.3 is 0 Å². The van der Waals surface area contributed by atoms with E-state index in [0.29, 0.717) is 0 Å². The summed E-state index contributed by atoms with van der Waals surface area (Å²) in [7, 11) is 1.90. The van der Waals surface area contributed by atoms with Crippen molar-refractivity contribution in [1.29, 1.82) is 0 Å². The van der Waals surface area contributed by atoms with Crippen molar-refractivity contribution >= 4 is 5.69 Å². The Kier molecular flexibility index (Phi) is 3.16. The molecule has 7 heteroatoms. The van der Waals surface area contributed by atoms with E-state index < -0.39 is 0 Å². The van der Waals surface area contributed by atoms with E-state index in [4.69, 9.17) is 0 Å². The average molecular weight is 269 g/mol. The molecule has 1 N–H and O–H groups in total. The van der Waals surface area contributed by atoms with Gasteiger partial charge in [0.2, 0.25) is 0 Å². The van der Waals surface area contributed by atoms with Crippen molar-refractivity contribution in [3.05, 3.63) is 48.9 Å². The van der Waals surface area contributed by atoms with Crippen LogP contribution in [0.25, 0.3) is 5.82 Å². The molecule has 1 atom stereocenters. The molecule has 0 saturated carbocycles. The number of nitrogens with zero attached hydrogens (tertiary/aromatic N) is 6. The molecular formula is C13H15N7. The van der Waals surface area contributed by atoms with Gasteiger partial charge < -0.3 is 5.32 Å². The summed E-state index contributed by atoms with van der Waals surface area (Å²) in [6, 6.07) is 3.98. The van der Waals surface area contributed by atoms with Crippen LogP contribution in [-0.2, 0) is 7.05 Å². The van der Waals surface area contributed by atoms with Crippen molar-refractivity contribution in [2.75, 3.05) is 5.32 Å². The fraction of sp³-hybridized carbons (Fsp3) is 0.231. The third-order valence-electron chi connectivity index (χ3n) is 3.02. The fourth-order valence-corrected chi connectivity index (χ4v) is 1.99. The van der Waals surface area contributed by atoms with Crippen LogP contribution in [0.2, 0.25) is 0 Å². The lowest BCUT2D eigenvalue weighted by Crippen LogP contribution is -2.10. The maximum absolute atomic E-state index is 4.35. The van der Waals surface area contributed by atoms with Gasteiger partial charge in [0.15, 0.2) is 5.82 Å². The van der Waals surface area contributed by atoms with Gasteiger partial charge in [-0.25, -0.2) is 14.6 Å². The molecule has 0 saturated heterocycles. The molecule has 0 aromatic carbocycles. The lowest BCUT2D eigenvalue weighted by Gasteiger charge is -2.15. The molecule has 1 unspecified atom stereocenters. The Balaban J connectivity index is 1.88. The summed E-state index contributed by atoms with van der Waals surface area (Å²) in [5, 5.41) is 11.7. The standard InChI is InChI=1S/C13H15N7/c1-10(11-6-16-19(2)7-11)18-12-4-3-5-15-13(12)20-9-14-8-17-20/h3-10,18H,1-2H3. The van der Waals surface area contributed by atoms with Crippen LogP contribution in [-0.4, -0.2) is 29.5 Å². The molecule has 7 nitrogen and oxygen atoms in total. The van der Waals surface area contributed by atoms with E-state index in [1.165, 1.54) is 6.33 Å². The van der Waals surface area contributed by atoms with E-state index in [-0.39, 0.29) is 6.04 Å². The molecule has 20 heavy (non-hydrogen) atoms. The van der Waals surface area contributed by atoms with Gasteiger partial charge in [-0.2, -0.15) is 10.2 Å². The summed E-state index contributed by atoms with van der Waals surface area (Å²) in [5.74, 6) is 0.723. The molecule has 0 amide bonds. The zero-order chi connectivity index (χ0) is 13.9. The molecule has 0 aliphatic rings. The molecule has 3 rings (SSSR count). The minimum Gasteiger partial charge on any atom is -0.375 e. The number of hydrogen-bond donors (Lipinski definition) is 1. The van der Waals surface area contributed by atoms with Gasteiger partial charge in [-0.1, -0.05) is 0 Å². The van der Waals surface area contributed by atoms with Crippen LogP contribution >= 0.6 is 0 Å². The number of hydrogen-bond acceptors (Lipinski definition) is 5.